The lowest BCUT2D eigenvalue weighted by Crippen LogP contribution is -2.63. The molecule has 2 aromatic rings. The highest BCUT2D eigenvalue weighted by Crippen LogP contribution is 2.54. The van der Waals surface area contributed by atoms with Gasteiger partial charge in [-0.05, 0) is 44.4 Å². The standard InChI is InChI=1S/C19H25N3O3/c1-2-24-17-12-16(19(17)8-3-4-9-19)21-18(23)15-7-6-14(25-15)13-22-11-5-10-20-22/h5-7,10-11,16-17H,2-4,8-9,12-13H2,1H3,(H,21,23)/t16-,17+/m1/s1. The summed E-state index contributed by atoms with van der Waals surface area (Å²) in [5.74, 6) is 0.971. The van der Waals surface area contributed by atoms with Crippen LogP contribution in [0.3, 0.4) is 0 Å². The van der Waals surface area contributed by atoms with E-state index in [9.17, 15) is 4.79 Å². The molecule has 134 valence electrons. The molecule has 2 fully saturated rings. The first-order valence-electron chi connectivity index (χ1n) is 9.20. The number of amides is 1. The molecular weight excluding hydrogens is 318 g/mol. The molecule has 4 rings (SSSR count). The number of rotatable bonds is 6. The van der Waals surface area contributed by atoms with Crippen LogP contribution in [0, 0.1) is 5.41 Å². The van der Waals surface area contributed by atoms with E-state index in [4.69, 9.17) is 9.15 Å². The molecule has 2 aliphatic rings. The molecule has 0 saturated heterocycles. The van der Waals surface area contributed by atoms with Crippen LogP contribution in [-0.4, -0.2) is 34.4 Å². The van der Waals surface area contributed by atoms with Crippen molar-refractivity contribution in [1.29, 1.82) is 0 Å². The Morgan fingerprint density at radius 2 is 2.28 bits per heavy atom. The van der Waals surface area contributed by atoms with Crippen molar-refractivity contribution in [3.05, 3.63) is 42.1 Å². The summed E-state index contributed by atoms with van der Waals surface area (Å²) >= 11 is 0. The molecule has 6 nitrogen and oxygen atoms in total. The predicted molar refractivity (Wildman–Crippen MR) is 92.2 cm³/mol. The number of carbonyl (C=O) groups excluding carboxylic acids is 1. The number of hydrogen-bond donors (Lipinski definition) is 1. The Labute approximate surface area is 147 Å². The predicted octanol–water partition coefficient (Wildman–Crippen LogP) is 2.99. The maximum atomic E-state index is 12.6. The van der Waals surface area contributed by atoms with E-state index in [0.29, 0.717) is 12.3 Å². The SMILES string of the molecule is CCO[C@H]1C[C@@H](NC(=O)c2ccc(Cn3cccn3)o2)C12CCCC2. The fourth-order valence-electron chi connectivity index (χ4n) is 4.46. The fraction of sp³-hybridized carbons (Fsp3) is 0.579. The Hall–Kier alpha value is -2.08. The van der Waals surface area contributed by atoms with Crippen molar-refractivity contribution >= 4 is 5.91 Å². The van der Waals surface area contributed by atoms with Crippen LogP contribution in [-0.2, 0) is 11.3 Å². The second-order valence-corrected chi connectivity index (χ2v) is 7.12. The van der Waals surface area contributed by atoms with E-state index in [1.807, 2.05) is 25.3 Å². The Bertz CT molecular complexity index is 716. The Morgan fingerprint density at radius 3 is 3.00 bits per heavy atom. The third-order valence-corrected chi connectivity index (χ3v) is 5.76. The lowest BCUT2D eigenvalue weighted by molar-refractivity contribution is -0.127. The molecule has 2 aromatic heterocycles. The Morgan fingerprint density at radius 1 is 1.44 bits per heavy atom. The average Bonchev–Trinajstić information content (AvgIpc) is 3.36. The first kappa shape index (κ1) is 16.4. The lowest BCUT2D eigenvalue weighted by atomic mass is 9.60. The van der Waals surface area contributed by atoms with Crippen molar-refractivity contribution in [3.63, 3.8) is 0 Å². The average molecular weight is 343 g/mol. The highest BCUT2D eigenvalue weighted by Gasteiger charge is 2.57. The van der Waals surface area contributed by atoms with Crippen LogP contribution in [0.1, 0.15) is 55.3 Å². The van der Waals surface area contributed by atoms with Gasteiger partial charge in [-0.25, -0.2) is 0 Å². The molecule has 0 aromatic carbocycles. The minimum atomic E-state index is -0.127. The molecule has 0 radical (unpaired) electrons. The third-order valence-electron chi connectivity index (χ3n) is 5.76. The van der Waals surface area contributed by atoms with Gasteiger partial charge in [0.25, 0.3) is 5.91 Å². The molecule has 1 amide bonds. The summed E-state index contributed by atoms with van der Waals surface area (Å²) in [6.45, 7) is 3.31. The number of nitrogens with one attached hydrogen (secondary N) is 1. The molecule has 25 heavy (non-hydrogen) atoms. The minimum absolute atomic E-state index is 0.127. The van der Waals surface area contributed by atoms with Gasteiger partial charge in [-0.15, -0.1) is 0 Å². The van der Waals surface area contributed by atoms with E-state index in [-0.39, 0.29) is 23.5 Å². The molecular formula is C19H25N3O3. The van der Waals surface area contributed by atoms with Crippen LogP contribution in [0.4, 0.5) is 0 Å². The number of carbonyl (C=O) groups is 1. The summed E-state index contributed by atoms with van der Waals surface area (Å²) in [6.07, 6.45) is 9.53. The number of nitrogens with zero attached hydrogens (tertiary/aromatic N) is 2. The molecule has 6 heteroatoms. The number of aromatic nitrogens is 2. The summed E-state index contributed by atoms with van der Waals surface area (Å²) in [5.41, 5.74) is 0.135. The summed E-state index contributed by atoms with van der Waals surface area (Å²) in [4.78, 5) is 12.6. The van der Waals surface area contributed by atoms with E-state index in [1.54, 1.807) is 16.9 Å². The van der Waals surface area contributed by atoms with Gasteiger partial charge in [-0.2, -0.15) is 5.10 Å². The lowest BCUT2D eigenvalue weighted by Gasteiger charge is -2.53. The van der Waals surface area contributed by atoms with E-state index < -0.39 is 0 Å². The molecule has 1 N–H and O–H groups in total. The van der Waals surface area contributed by atoms with Crippen molar-refractivity contribution in [2.75, 3.05) is 6.61 Å². The molecule has 0 bridgehead atoms. The monoisotopic (exact) mass is 343 g/mol. The summed E-state index contributed by atoms with van der Waals surface area (Å²) in [7, 11) is 0. The fourth-order valence-corrected chi connectivity index (χ4v) is 4.46. The van der Waals surface area contributed by atoms with Gasteiger partial charge in [0.2, 0.25) is 0 Å². The van der Waals surface area contributed by atoms with Crippen LogP contribution in [0.5, 0.6) is 0 Å². The quantitative estimate of drug-likeness (QED) is 0.875. The van der Waals surface area contributed by atoms with Crippen LogP contribution < -0.4 is 5.32 Å². The molecule has 0 aliphatic heterocycles. The van der Waals surface area contributed by atoms with Gasteiger partial charge in [0.1, 0.15) is 5.76 Å². The van der Waals surface area contributed by atoms with Crippen LogP contribution in [0.25, 0.3) is 0 Å². The molecule has 2 heterocycles. The maximum absolute atomic E-state index is 12.6. The van der Waals surface area contributed by atoms with Gasteiger partial charge in [0, 0.05) is 30.5 Å². The van der Waals surface area contributed by atoms with E-state index in [2.05, 4.69) is 10.4 Å². The van der Waals surface area contributed by atoms with Crippen molar-refractivity contribution in [2.45, 2.75) is 57.7 Å². The Kier molecular flexibility index (Phi) is 4.37. The van der Waals surface area contributed by atoms with E-state index in [0.717, 1.165) is 31.6 Å². The Balaban J connectivity index is 1.40. The second kappa shape index (κ2) is 6.67. The highest BCUT2D eigenvalue weighted by molar-refractivity contribution is 5.91. The van der Waals surface area contributed by atoms with Gasteiger partial charge >= 0.3 is 0 Å². The van der Waals surface area contributed by atoms with Crippen LogP contribution >= 0.6 is 0 Å². The van der Waals surface area contributed by atoms with E-state index >= 15 is 0 Å². The van der Waals surface area contributed by atoms with E-state index in [1.165, 1.54) is 12.8 Å². The molecule has 0 unspecified atom stereocenters. The molecule has 2 saturated carbocycles. The van der Waals surface area contributed by atoms with Crippen LogP contribution in [0.15, 0.2) is 35.0 Å². The number of ether oxygens (including phenoxy) is 1. The molecule has 1 spiro atoms. The number of furan rings is 1. The highest BCUT2D eigenvalue weighted by atomic mass is 16.5. The normalized spacial score (nSPS) is 24.4. The zero-order valence-corrected chi connectivity index (χ0v) is 14.6. The van der Waals surface area contributed by atoms with Crippen molar-refractivity contribution in [3.8, 4) is 0 Å². The second-order valence-electron chi connectivity index (χ2n) is 7.12. The topological polar surface area (TPSA) is 69.3 Å². The van der Waals surface area contributed by atoms with Crippen molar-refractivity contribution in [1.82, 2.24) is 15.1 Å². The maximum Gasteiger partial charge on any atom is 0.287 e. The van der Waals surface area contributed by atoms with Crippen LogP contribution in [0.2, 0.25) is 0 Å². The largest absolute Gasteiger partial charge is 0.454 e. The number of hydrogen-bond acceptors (Lipinski definition) is 4. The summed E-state index contributed by atoms with van der Waals surface area (Å²) in [6, 6.07) is 5.64. The molecule has 2 atom stereocenters. The van der Waals surface area contributed by atoms with Gasteiger partial charge in [-0.1, -0.05) is 12.8 Å². The van der Waals surface area contributed by atoms with Gasteiger partial charge in [0.15, 0.2) is 5.76 Å². The third kappa shape index (κ3) is 2.99. The van der Waals surface area contributed by atoms with Gasteiger partial charge in [-0.3, -0.25) is 9.48 Å². The zero-order valence-electron chi connectivity index (χ0n) is 14.6. The van der Waals surface area contributed by atoms with Crippen molar-refractivity contribution < 1.29 is 13.9 Å². The summed E-state index contributed by atoms with van der Waals surface area (Å²) < 4.78 is 13.4. The first-order valence-corrected chi connectivity index (χ1v) is 9.20. The van der Waals surface area contributed by atoms with Gasteiger partial charge < -0.3 is 14.5 Å². The van der Waals surface area contributed by atoms with Gasteiger partial charge in [0.05, 0.1) is 12.6 Å². The summed E-state index contributed by atoms with van der Waals surface area (Å²) in [5, 5.41) is 7.34. The smallest absolute Gasteiger partial charge is 0.287 e. The first-order chi connectivity index (χ1) is 12.2. The minimum Gasteiger partial charge on any atom is -0.454 e. The van der Waals surface area contributed by atoms with Crippen molar-refractivity contribution in [2.24, 2.45) is 5.41 Å². The zero-order chi connectivity index (χ0) is 17.3. The molecule has 2 aliphatic carbocycles.